The van der Waals surface area contributed by atoms with E-state index in [0.29, 0.717) is 6.54 Å². The SMILES string of the molecule is CCN(C)C(=O)CNCc1cc(-c2ccccc2)cs1. The molecule has 0 atom stereocenters. The molecule has 0 fully saturated rings. The highest BCUT2D eigenvalue weighted by Crippen LogP contribution is 2.25. The normalized spacial score (nSPS) is 10.5. The van der Waals surface area contributed by atoms with Crippen LogP contribution in [0.3, 0.4) is 0 Å². The number of hydrogen-bond acceptors (Lipinski definition) is 3. The lowest BCUT2D eigenvalue weighted by Gasteiger charge is -2.14. The molecule has 1 heterocycles. The fraction of sp³-hybridized carbons (Fsp3) is 0.312. The van der Waals surface area contributed by atoms with Crippen molar-refractivity contribution in [1.29, 1.82) is 0 Å². The van der Waals surface area contributed by atoms with Gasteiger partial charge in [0.05, 0.1) is 6.54 Å². The zero-order valence-corrected chi connectivity index (χ0v) is 12.7. The van der Waals surface area contributed by atoms with Crippen molar-refractivity contribution in [2.24, 2.45) is 0 Å². The van der Waals surface area contributed by atoms with Gasteiger partial charge in [-0.25, -0.2) is 0 Å². The summed E-state index contributed by atoms with van der Waals surface area (Å²) in [7, 11) is 1.82. The van der Waals surface area contributed by atoms with E-state index in [2.05, 4.69) is 28.9 Å². The summed E-state index contributed by atoms with van der Waals surface area (Å²) in [6, 6.07) is 12.5. The van der Waals surface area contributed by atoms with Crippen LogP contribution in [0.5, 0.6) is 0 Å². The maximum atomic E-state index is 11.7. The zero-order valence-electron chi connectivity index (χ0n) is 11.9. The first-order valence-electron chi connectivity index (χ1n) is 6.78. The van der Waals surface area contributed by atoms with Gasteiger partial charge in [-0.05, 0) is 29.5 Å². The molecule has 0 bridgehead atoms. The monoisotopic (exact) mass is 288 g/mol. The molecule has 106 valence electrons. The van der Waals surface area contributed by atoms with E-state index in [1.54, 1.807) is 16.2 Å². The van der Waals surface area contributed by atoms with Gasteiger partial charge in [0.2, 0.25) is 5.91 Å². The highest BCUT2D eigenvalue weighted by atomic mass is 32.1. The van der Waals surface area contributed by atoms with Gasteiger partial charge in [-0.2, -0.15) is 0 Å². The Kier molecular flexibility index (Phi) is 5.32. The minimum Gasteiger partial charge on any atom is -0.345 e. The van der Waals surface area contributed by atoms with Gasteiger partial charge >= 0.3 is 0 Å². The summed E-state index contributed by atoms with van der Waals surface area (Å²) in [4.78, 5) is 14.6. The Morgan fingerprint density at radius 1 is 1.25 bits per heavy atom. The van der Waals surface area contributed by atoms with Crippen LogP contribution in [0.1, 0.15) is 11.8 Å². The van der Waals surface area contributed by atoms with Crippen LogP contribution in [0.4, 0.5) is 0 Å². The van der Waals surface area contributed by atoms with Gasteiger partial charge in [-0.1, -0.05) is 30.3 Å². The third-order valence-corrected chi connectivity index (χ3v) is 4.17. The van der Waals surface area contributed by atoms with Gasteiger partial charge in [0.15, 0.2) is 0 Å². The zero-order chi connectivity index (χ0) is 14.4. The molecule has 0 saturated carbocycles. The van der Waals surface area contributed by atoms with Gasteiger partial charge in [0.25, 0.3) is 0 Å². The Morgan fingerprint density at radius 3 is 2.70 bits per heavy atom. The van der Waals surface area contributed by atoms with E-state index >= 15 is 0 Å². The molecule has 1 aromatic carbocycles. The molecule has 0 unspecified atom stereocenters. The van der Waals surface area contributed by atoms with Crippen molar-refractivity contribution in [3.05, 3.63) is 46.7 Å². The van der Waals surface area contributed by atoms with Crippen LogP contribution in [0.2, 0.25) is 0 Å². The second kappa shape index (κ2) is 7.22. The summed E-state index contributed by atoms with van der Waals surface area (Å²) in [5.74, 6) is 0.132. The number of hydrogen-bond donors (Lipinski definition) is 1. The van der Waals surface area contributed by atoms with Gasteiger partial charge in [0.1, 0.15) is 0 Å². The second-order valence-electron chi connectivity index (χ2n) is 4.68. The molecule has 4 heteroatoms. The van der Waals surface area contributed by atoms with Gasteiger partial charge in [0, 0.05) is 25.0 Å². The van der Waals surface area contributed by atoms with E-state index in [4.69, 9.17) is 0 Å². The van der Waals surface area contributed by atoms with Crippen molar-refractivity contribution >= 4 is 17.2 Å². The smallest absolute Gasteiger partial charge is 0.236 e. The number of thiophene rings is 1. The fourth-order valence-electron chi connectivity index (χ4n) is 1.86. The molecule has 0 aliphatic carbocycles. The van der Waals surface area contributed by atoms with Crippen LogP contribution in [0, 0.1) is 0 Å². The number of rotatable bonds is 6. The number of carbonyl (C=O) groups is 1. The highest BCUT2D eigenvalue weighted by Gasteiger charge is 2.06. The Bertz CT molecular complexity index is 551. The number of nitrogens with one attached hydrogen (secondary N) is 1. The summed E-state index contributed by atoms with van der Waals surface area (Å²) in [6.07, 6.45) is 0. The van der Waals surface area contributed by atoms with Crippen molar-refractivity contribution < 1.29 is 4.79 Å². The number of carbonyl (C=O) groups excluding carboxylic acids is 1. The molecule has 20 heavy (non-hydrogen) atoms. The molecule has 0 saturated heterocycles. The maximum absolute atomic E-state index is 11.7. The van der Waals surface area contributed by atoms with E-state index in [1.165, 1.54) is 16.0 Å². The minimum absolute atomic E-state index is 0.132. The Hall–Kier alpha value is -1.65. The van der Waals surface area contributed by atoms with E-state index in [-0.39, 0.29) is 5.91 Å². The van der Waals surface area contributed by atoms with Crippen LogP contribution in [0.15, 0.2) is 41.8 Å². The number of likely N-dealkylation sites (N-methyl/N-ethyl adjacent to an activating group) is 1. The molecule has 1 aromatic heterocycles. The quantitative estimate of drug-likeness (QED) is 0.886. The van der Waals surface area contributed by atoms with Gasteiger partial charge < -0.3 is 10.2 Å². The number of benzene rings is 1. The lowest BCUT2D eigenvalue weighted by molar-refractivity contribution is -0.128. The van der Waals surface area contributed by atoms with Crippen LogP contribution in [0.25, 0.3) is 11.1 Å². The number of amides is 1. The number of nitrogens with zero attached hydrogens (tertiary/aromatic N) is 1. The van der Waals surface area contributed by atoms with Crippen molar-refractivity contribution in [3.63, 3.8) is 0 Å². The minimum atomic E-state index is 0.132. The van der Waals surface area contributed by atoms with Crippen molar-refractivity contribution in [2.75, 3.05) is 20.1 Å². The lowest BCUT2D eigenvalue weighted by Crippen LogP contribution is -2.34. The van der Waals surface area contributed by atoms with Crippen LogP contribution < -0.4 is 5.32 Å². The van der Waals surface area contributed by atoms with Gasteiger partial charge in [-0.15, -0.1) is 11.3 Å². The molecule has 0 aliphatic rings. The molecule has 1 N–H and O–H groups in total. The second-order valence-corrected chi connectivity index (χ2v) is 5.67. The molecule has 3 nitrogen and oxygen atoms in total. The summed E-state index contributed by atoms with van der Waals surface area (Å²) < 4.78 is 0. The molecular weight excluding hydrogens is 268 g/mol. The molecule has 0 spiro atoms. The summed E-state index contributed by atoms with van der Waals surface area (Å²) >= 11 is 1.72. The Labute approximate surface area is 124 Å². The van der Waals surface area contributed by atoms with Crippen LogP contribution in [-0.4, -0.2) is 30.9 Å². The molecular formula is C16H20N2OS. The first-order chi connectivity index (χ1) is 9.70. The van der Waals surface area contributed by atoms with E-state index in [1.807, 2.05) is 32.2 Å². The Balaban J connectivity index is 1.86. The molecule has 1 amide bonds. The third kappa shape index (κ3) is 3.92. The third-order valence-electron chi connectivity index (χ3n) is 3.24. The van der Waals surface area contributed by atoms with Crippen molar-refractivity contribution in [1.82, 2.24) is 10.2 Å². The fourth-order valence-corrected chi connectivity index (χ4v) is 2.72. The highest BCUT2D eigenvalue weighted by molar-refractivity contribution is 7.10. The standard InChI is InChI=1S/C16H20N2OS/c1-3-18(2)16(19)11-17-10-15-9-14(12-20-15)13-7-5-4-6-8-13/h4-9,12,17H,3,10-11H2,1-2H3. The molecule has 0 aliphatic heterocycles. The Morgan fingerprint density at radius 2 is 2.00 bits per heavy atom. The predicted molar refractivity (Wildman–Crippen MR) is 84.8 cm³/mol. The van der Waals surface area contributed by atoms with Crippen LogP contribution >= 0.6 is 11.3 Å². The molecule has 2 rings (SSSR count). The summed E-state index contributed by atoms with van der Waals surface area (Å²) in [6.45, 7) is 3.85. The van der Waals surface area contributed by atoms with Crippen molar-refractivity contribution in [3.8, 4) is 11.1 Å². The summed E-state index contributed by atoms with van der Waals surface area (Å²) in [5.41, 5.74) is 2.47. The first kappa shape index (κ1) is 14.8. The maximum Gasteiger partial charge on any atom is 0.236 e. The molecule has 0 radical (unpaired) electrons. The topological polar surface area (TPSA) is 32.3 Å². The summed E-state index contributed by atoms with van der Waals surface area (Å²) in [5, 5.41) is 5.36. The van der Waals surface area contributed by atoms with Crippen molar-refractivity contribution in [2.45, 2.75) is 13.5 Å². The van der Waals surface area contributed by atoms with E-state index in [0.717, 1.165) is 13.1 Å². The first-order valence-corrected chi connectivity index (χ1v) is 7.66. The largest absolute Gasteiger partial charge is 0.345 e. The lowest BCUT2D eigenvalue weighted by atomic mass is 10.1. The van der Waals surface area contributed by atoms with E-state index < -0.39 is 0 Å². The van der Waals surface area contributed by atoms with Gasteiger partial charge in [-0.3, -0.25) is 4.79 Å². The van der Waals surface area contributed by atoms with Crippen LogP contribution in [-0.2, 0) is 11.3 Å². The van der Waals surface area contributed by atoms with E-state index in [9.17, 15) is 4.79 Å². The predicted octanol–water partition coefficient (Wildman–Crippen LogP) is 2.98. The average Bonchev–Trinajstić information content (AvgIpc) is 2.96. The molecule has 2 aromatic rings. The average molecular weight is 288 g/mol.